The van der Waals surface area contributed by atoms with Crippen LogP contribution in [0.25, 0.3) is 0 Å². The number of hydrogen-bond donors (Lipinski definition) is 2. The monoisotopic (exact) mass is 315 g/mol. The van der Waals surface area contributed by atoms with E-state index in [-0.39, 0.29) is 33.9 Å². The van der Waals surface area contributed by atoms with E-state index in [0.29, 0.717) is 18.4 Å². The van der Waals surface area contributed by atoms with Gasteiger partial charge in [-0.15, -0.1) is 0 Å². The van der Waals surface area contributed by atoms with Crippen molar-refractivity contribution < 1.29 is 9.59 Å². The van der Waals surface area contributed by atoms with Crippen molar-refractivity contribution in [1.82, 2.24) is 10.3 Å². The first-order valence-corrected chi connectivity index (χ1v) is 7.14. The summed E-state index contributed by atoms with van der Waals surface area (Å²) in [6.45, 7) is 0. The standard InChI is InChI=1S/C13H15Cl2N3O2/c14-10-6-17-11(15)5-9(10)13(20)18-8-3-1-7(2-4-8)12(16)19/h5-8H,1-4H2,(H2,16,19)(H,18,20). The highest BCUT2D eigenvalue weighted by Crippen LogP contribution is 2.25. The second kappa shape index (κ2) is 6.41. The zero-order valence-electron chi connectivity index (χ0n) is 10.7. The predicted molar refractivity (Wildman–Crippen MR) is 76.7 cm³/mol. The van der Waals surface area contributed by atoms with Crippen molar-refractivity contribution in [2.24, 2.45) is 11.7 Å². The molecule has 0 spiro atoms. The Morgan fingerprint density at radius 1 is 1.25 bits per heavy atom. The lowest BCUT2D eigenvalue weighted by molar-refractivity contribution is -0.122. The maximum atomic E-state index is 12.1. The molecule has 5 nitrogen and oxygen atoms in total. The number of pyridine rings is 1. The largest absolute Gasteiger partial charge is 0.369 e. The highest BCUT2D eigenvalue weighted by Gasteiger charge is 2.26. The minimum Gasteiger partial charge on any atom is -0.369 e. The molecular formula is C13H15Cl2N3O2. The van der Waals surface area contributed by atoms with Crippen LogP contribution in [0.3, 0.4) is 0 Å². The summed E-state index contributed by atoms with van der Waals surface area (Å²) in [5.41, 5.74) is 5.59. The molecule has 0 unspecified atom stereocenters. The molecule has 0 saturated heterocycles. The highest BCUT2D eigenvalue weighted by molar-refractivity contribution is 6.35. The first-order valence-electron chi connectivity index (χ1n) is 6.38. The number of amides is 2. The van der Waals surface area contributed by atoms with Crippen LogP contribution in [0.15, 0.2) is 12.3 Å². The Bertz CT molecular complexity index is 528. The van der Waals surface area contributed by atoms with Gasteiger partial charge in [-0.1, -0.05) is 23.2 Å². The van der Waals surface area contributed by atoms with E-state index in [0.717, 1.165) is 12.8 Å². The molecule has 2 rings (SSSR count). The average molecular weight is 316 g/mol. The number of nitrogens with two attached hydrogens (primary N) is 1. The van der Waals surface area contributed by atoms with E-state index in [1.165, 1.54) is 12.3 Å². The zero-order chi connectivity index (χ0) is 14.7. The Balaban J connectivity index is 1.96. The van der Waals surface area contributed by atoms with Gasteiger partial charge < -0.3 is 11.1 Å². The molecule has 3 N–H and O–H groups in total. The highest BCUT2D eigenvalue weighted by atomic mass is 35.5. The molecule has 1 aliphatic carbocycles. The van der Waals surface area contributed by atoms with Crippen LogP contribution in [-0.2, 0) is 4.79 Å². The summed E-state index contributed by atoms with van der Waals surface area (Å²) < 4.78 is 0. The number of primary amides is 1. The Kier molecular flexibility index (Phi) is 4.83. The zero-order valence-corrected chi connectivity index (χ0v) is 12.2. The maximum Gasteiger partial charge on any atom is 0.253 e. The summed E-state index contributed by atoms with van der Waals surface area (Å²) in [6.07, 6.45) is 4.21. The molecule has 1 aromatic heterocycles. The topological polar surface area (TPSA) is 85.1 Å². The van der Waals surface area contributed by atoms with Gasteiger partial charge in [-0.05, 0) is 31.7 Å². The number of carbonyl (C=O) groups excluding carboxylic acids is 2. The van der Waals surface area contributed by atoms with Gasteiger partial charge >= 0.3 is 0 Å². The minimum atomic E-state index is -0.276. The Labute approximate surface area is 126 Å². The van der Waals surface area contributed by atoms with E-state index in [4.69, 9.17) is 28.9 Å². The number of nitrogens with zero attached hydrogens (tertiary/aromatic N) is 1. The predicted octanol–water partition coefficient (Wildman–Crippen LogP) is 2.16. The molecule has 0 bridgehead atoms. The number of halogens is 2. The summed E-state index contributed by atoms with van der Waals surface area (Å²) in [5.74, 6) is -0.623. The van der Waals surface area contributed by atoms with Crippen molar-refractivity contribution in [1.29, 1.82) is 0 Å². The van der Waals surface area contributed by atoms with Crippen LogP contribution in [0.5, 0.6) is 0 Å². The lowest BCUT2D eigenvalue weighted by atomic mass is 9.85. The molecule has 20 heavy (non-hydrogen) atoms. The van der Waals surface area contributed by atoms with Crippen molar-refractivity contribution in [3.8, 4) is 0 Å². The summed E-state index contributed by atoms with van der Waals surface area (Å²) >= 11 is 11.7. The molecule has 0 radical (unpaired) electrons. The van der Waals surface area contributed by atoms with Crippen molar-refractivity contribution in [2.75, 3.05) is 0 Å². The van der Waals surface area contributed by atoms with Gasteiger partial charge in [0.25, 0.3) is 5.91 Å². The van der Waals surface area contributed by atoms with E-state index >= 15 is 0 Å². The molecule has 7 heteroatoms. The van der Waals surface area contributed by atoms with Crippen LogP contribution in [-0.4, -0.2) is 22.8 Å². The van der Waals surface area contributed by atoms with Gasteiger partial charge in [-0.3, -0.25) is 9.59 Å². The average Bonchev–Trinajstić information content (AvgIpc) is 2.42. The van der Waals surface area contributed by atoms with Crippen LogP contribution in [0, 0.1) is 5.92 Å². The molecule has 1 heterocycles. The van der Waals surface area contributed by atoms with Gasteiger partial charge in [0.05, 0.1) is 10.6 Å². The smallest absolute Gasteiger partial charge is 0.253 e. The molecule has 0 aromatic carbocycles. The van der Waals surface area contributed by atoms with Gasteiger partial charge in [0.15, 0.2) is 0 Å². The Morgan fingerprint density at radius 2 is 1.90 bits per heavy atom. The van der Waals surface area contributed by atoms with Crippen LogP contribution in [0.1, 0.15) is 36.0 Å². The fourth-order valence-electron chi connectivity index (χ4n) is 2.37. The van der Waals surface area contributed by atoms with Crippen LogP contribution < -0.4 is 11.1 Å². The van der Waals surface area contributed by atoms with E-state index < -0.39 is 0 Å². The number of carbonyl (C=O) groups is 2. The Hall–Kier alpha value is -1.33. The molecule has 1 fully saturated rings. The second-order valence-corrected chi connectivity index (χ2v) is 5.71. The van der Waals surface area contributed by atoms with E-state index in [1.807, 2.05) is 0 Å². The van der Waals surface area contributed by atoms with Gasteiger partial charge in [-0.25, -0.2) is 4.98 Å². The number of hydrogen-bond acceptors (Lipinski definition) is 3. The maximum absolute atomic E-state index is 12.1. The van der Waals surface area contributed by atoms with Crippen LogP contribution >= 0.6 is 23.2 Å². The third kappa shape index (κ3) is 3.61. The Morgan fingerprint density at radius 3 is 2.50 bits per heavy atom. The fourth-order valence-corrected chi connectivity index (χ4v) is 2.72. The second-order valence-electron chi connectivity index (χ2n) is 4.91. The third-order valence-electron chi connectivity index (χ3n) is 3.53. The van der Waals surface area contributed by atoms with Crippen molar-refractivity contribution in [3.63, 3.8) is 0 Å². The molecule has 2 amide bonds. The van der Waals surface area contributed by atoms with Crippen LogP contribution in [0.2, 0.25) is 10.2 Å². The van der Waals surface area contributed by atoms with Crippen molar-refractivity contribution in [2.45, 2.75) is 31.7 Å². The van der Waals surface area contributed by atoms with Gasteiger partial charge in [0, 0.05) is 18.2 Å². The first kappa shape index (κ1) is 15.1. The summed E-state index contributed by atoms with van der Waals surface area (Å²) in [6, 6.07) is 1.47. The van der Waals surface area contributed by atoms with Crippen molar-refractivity contribution >= 4 is 35.0 Å². The summed E-state index contributed by atoms with van der Waals surface area (Å²) in [4.78, 5) is 27.0. The van der Waals surface area contributed by atoms with E-state index in [1.54, 1.807) is 0 Å². The quantitative estimate of drug-likeness (QED) is 0.838. The molecule has 0 atom stereocenters. The van der Waals surface area contributed by atoms with Crippen LogP contribution in [0.4, 0.5) is 0 Å². The lowest BCUT2D eigenvalue weighted by Gasteiger charge is -2.27. The van der Waals surface area contributed by atoms with Crippen molar-refractivity contribution in [3.05, 3.63) is 28.0 Å². The van der Waals surface area contributed by atoms with Gasteiger partial charge in [0.2, 0.25) is 5.91 Å². The SMILES string of the molecule is NC(=O)C1CCC(NC(=O)c2cc(Cl)ncc2Cl)CC1. The number of nitrogens with one attached hydrogen (secondary N) is 1. The molecular weight excluding hydrogens is 301 g/mol. The molecule has 1 saturated carbocycles. The van der Waals surface area contributed by atoms with Gasteiger partial charge in [-0.2, -0.15) is 0 Å². The molecule has 108 valence electrons. The van der Waals surface area contributed by atoms with E-state index in [9.17, 15) is 9.59 Å². The molecule has 1 aliphatic rings. The number of rotatable bonds is 3. The lowest BCUT2D eigenvalue weighted by Crippen LogP contribution is -2.39. The number of aromatic nitrogens is 1. The molecule has 0 aliphatic heterocycles. The molecule has 1 aromatic rings. The first-order chi connectivity index (χ1) is 9.47. The van der Waals surface area contributed by atoms with Gasteiger partial charge in [0.1, 0.15) is 5.15 Å². The minimum absolute atomic E-state index is 0.0288. The normalized spacial score (nSPS) is 22.3. The fraction of sp³-hybridized carbons (Fsp3) is 0.462. The summed E-state index contributed by atoms with van der Waals surface area (Å²) in [7, 11) is 0. The summed E-state index contributed by atoms with van der Waals surface area (Å²) in [5, 5.41) is 3.38. The van der Waals surface area contributed by atoms with E-state index in [2.05, 4.69) is 10.3 Å². The third-order valence-corrected chi connectivity index (χ3v) is 4.04.